The van der Waals surface area contributed by atoms with Gasteiger partial charge in [0.25, 0.3) is 0 Å². The molecule has 0 atom stereocenters. The molecular weight excluding hydrogens is 347 g/mol. The summed E-state index contributed by atoms with van der Waals surface area (Å²) in [5.41, 5.74) is 0.195. The summed E-state index contributed by atoms with van der Waals surface area (Å²) in [6.45, 7) is 0. The molecule has 1 aromatic heterocycles. The topological polar surface area (TPSA) is 57.7 Å². The van der Waals surface area contributed by atoms with Crippen molar-refractivity contribution in [1.82, 2.24) is 4.98 Å². The van der Waals surface area contributed by atoms with E-state index in [1.165, 1.54) is 7.11 Å². The summed E-state index contributed by atoms with van der Waals surface area (Å²) in [5.74, 6) is -1.29. The Morgan fingerprint density at radius 3 is 2.50 bits per heavy atom. The third kappa shape index (κ3) is 4.55. The van der Waals surface area contributed by atoms with E-state index < -0.39 is 18.1 Å². The first-order valence-corrected chi connectivity index (χ1v) is 6.38. The van der Waals surface area contributed by atoms with Crippen molar-refractivity contribution in [2.45, 2.75) is 18.1 Å². The Balaban J connectivity index is 3.30. The van der Waals surface area contributed by atoms with Crippen molar-refractivity contribution < 1.29 is 32.2 Å². The molecule has 0 radical (unpaired) electrons. The Hall–Kier alpha value is -1.51. The summed E-state index contributed by atoms with van der Waals surface area (Å²) >= 11 is 3.09. The van der Waals surface area contributed by atoms with E-state index in [1.54, 1.807) is 0 Å². The number of nitrogens with zero attached hydrogens (tertiary/aromatic N) is 1. The van der Waals surface area contributed by atoms with Crippen molar-refractivity contribution in [2.75, 3.05) is 14.2 Å². The summed E-state index contributed by atoms with van der Waals surface area (Å²) < 4.78 is 50.4. The maximum absolute atomic E-state index is 12.4. The SMILES string of the molecule is COC(=O)Cc1c(OC(F)(F)F)cc(OC)nc1CBr. The van der Waals surface area contributed by atoms with Crippen LogP contribution in [0.15, 0.2) is 6.07 Å². The van der Waals surface area contributed by atoms with Gasteiger partial charge in [-0.3, -0.25) is 4.79 Å². The van der Waals surface area contributed by atoms with Gasteiger partial charge in [-0.2, -0.15) is 0 Å². The molecule has 0 unspecified atom stereocenters. The van der Waals surface area contributed by atoms with Gasteiger partial charge < -0.3 is 14.2 Å². The molecule has 0 N–H and O–H groups in total. The standard InChI is InChI=1S/C11H11BrF3NO4/c1-18-9-4-8(20-11(13,14)15)6(3-10(17)19-2)7(5-12)16-9/h4H,3,5H2,1-2H3. The summed E-state index contributed by atoms with van der Waals surface area (Å²) in [6.07, 6.45) is -5.28. The Labute approximate surface area is 121 Å². The van der Waals surface area contributed by atoms with Gasteiger partial charge in [-0.05, 0) is 0 Å². The van der Waals surface area contributed by atoms with Crippen LogP contribution in [0, 0.1) is 0 Å². The summed E-state index contributed by atoms with van der Waals surface area (Å²) in [4.78, 5) is 15.3. The highest BCUT2D eigenvalue weighted by Gasteiger charge is 2.33. The van der Waals surface area contributed by atoms with E-state index >= 15 is 0 Å². The predicted octanol–water partition coefficient (Wildman–Crippen LogP) is 2.60. The number of hydrogen-bond donors (Lipinski definition) is 0. The molecule has 112 valence electrons. The zero-order valence-corrected chi connectivity index (χ0v) is 12.2. The van der Waals surface area contributed by atoms with Crippen LogP contribution in [0.2, 0.25) is 0 Å². The van der Waals surface area contributed by atoms with Crippen molar-refractivity contribution in [3.05, 3.63) is 17.3 Å². The number of pyridine rings is 1. The lowest BCUT2D eigenvalue weighted by Crippen LogP contribution is -2.20. The number of hydrogen-bond acceptors (Lipinski definition) is 5. The second-order valence-electron chi connectivity index (χ2n) is 3.52. The van der Waals surface area contributed by atoms with Crippen LogP contribution in [-0.2, 0) is 21.3 Å². The maximum atomic E-state index is 12.4. The Kier molecular flexibility index (Phi) is 5.61. The van der Waals surface area contributed by atoms with Crippen LogP contribution in [0.25, 0.3) is 0 Å². The van der Waals surface area contributed by atoms with Gasteiger partial charge in [0.15, 0.2) is 0 Å². The van der Waals surface area contributed by atoms with Crippen molar-refractivity contribution in [1.29, 1.82) is 0 Å². The Morgan fingerprint density at radius 2 is 2.05 bits per heavy atom. The van der Waals surface area contributed by atoms with Gasteiger partial charge >= 0.3 is 12.3 Å². The minimum atomic E-state index is -4.89. The lowest BCUT2D eigenvalue weighted by Gasteiger charge is -2.16. The summed E-state index contributed by atoms with van der Waals surface area (Å²) in [5, 5.41) is 0.130. The zero-order chi connectivity index (χ0) is 15.3. The molecule has 0 aliphatic rings. The third-order valence-electron chi connectivity index (χ3n) is 2.26. The predicted molar refractivity (Wildman–Crippen MR) is 65.8 cm³/mol. The van der Waals surface area contributed by atoms with Gasteiger partial charge in [0.05, 0.1) is 26.3 Å². The molecule has 0 saturated heterocycles. The highest BCUT2D eigenvalue weighted by atomic mass is 79.9. The van der Waals surface area contributed by atoms with Crippen LogP contribution >= 0.6 is 15.9 Å². The van der Waals surface area contributed by atoms with E-state index in [1.807, 2.05) is 0 Å². The fraction of sp³-hybridized carbons (Fsp3) is 0.455. The number of alkyl halides is 4. The molecule has 0 amide bonds. The molecule has 20 heavy (non-hydrogen) atoms. The lowest BCUT2D eigenvalue weighted by atomic mass is 10.1. The van der Waals surface area contributed by atoms with E-state index in [4.69, 9.17) is 4.74 Å². The smallest absolute Gasteiger partial charge is 0.481 e. The number of rotatable bonds is 5. The van der Waals surface area contributed by atoms with E-state index in [2.05, 4.69) is 30.4 Å². The molecule has 5 nitrogen and oxygen atoms in total. The molecule has 0 bridgehead atoms. The van der Waals surface area contributed by atoms with Crippen molar-refractivity contribution in [2.24, 2.45) is 0 Å². The first-order valence-electron chi connectivity index (χ1n) is 5.26. The summed E-state index contributed by atoms with van der Waals surface area (Å²) in [6, 6.07) is 0.970. The number of esters is 1. The monoisotopic (exact) mass is 357 g/mol. The van der Waals surface area contributed by atoms with Crippen LogP contribution in [0.5, 0.6) is 11.6 Å². The van der Waals surface area contributed by atoms with Crippen LogP contribution in [0.4, 0.5) is 13.2 Å². The Morgan fingerprint density at radius 1 is 1.40 bits per heavy atom. The van der Waals surface area contributed by atoms with Crippen molar-refractivity contribution >= 4 is 21.9 Å². The molecule has 9 heteroatoms. The van der Waals surface area contributed by atoms with Gasteiger partial charge in [0.1, 0.15) is 5.75 Å². The van der Waals surface area contributed by atoms with Gasteiger partial charge in [-0.1, -0.05) is 15.9 Å². The molecule has 0 fully saturated rings. The Bertz CT molecular complexity index is 493. The highest BCUT2D eigenvalue weighted by Crippen LogP contribution is 2.32. The number of ether oxygens (including phenoxy) is 3. The molecule has 1 heterocycles. The molecule has 0 saturated carbocycles. The molecule has 0 aliphatic heterocycles. The second-order valence-corrected chi connectivity index (χ2v) is 4.08. The first kappa shape index (κ1) is 16.5. The van der Waals surface area contributed by atoms with Crippen LogP contribution in [-0.4, -0.2) is 31.5 Å². The molecule has 1 rings (SSSR count). The number of aromatic nitrogens is 1. The van der Waals surface area contributed by atoms with Crippen molar-refractivity contribution in [3.63, 3.8) is 0 Å². The van der Waals surface area contributed by atoms with E-state index in [0.29, 0.717) is 0 Å². The average Bonchev–Trinajstić information content (AvgIpc) is 2.38. The molecule has 0 spiro atoms. The van der Waals surface area contributed by atoms with Crippen LogP contribution < -0.4 is 9.47 Å². The highest BCUT2D eigenvalue weighted by molar-refractivity contribution is 9.08. The minimum absolute atomic E-state index is 0.00755. The molecular formula is C11H11BrF3NO4. The van der Waals surface area contributed by atoms with E-state index in [-0.39, 0.29) is 28.9 Å². The molecule has 0 aliphatic carbocycles. The average molecular weight is 358 g/mol. The van der Waals surface area contributed by atoms with Crippen LogP contribution in [0.3, 0.4) is 0 Å². The molecule has 0 aromatic carbocycles. The number of halogens is 4. The van der Waals surface area contributed by atoms with Gasteiger partial charge in [-0.15, -0.1) is 13.2 Å². The van der Waals surface area contributed by atoms with E-state index in [9.17, 15) is 18.0 Å². The first-order chi connectivity index (χ1) is 9.30. The van der Waals surface area contributed by atoms with Crippen molar-refractivity contribution in [3.8, 4) is 11.6 Å². The number of carbonyl (C=O) groups excluding carboxylic acids is 1. The minimum Gasteiger partial charge on any atom is -0.481 e. The lowest BCUT2D eigenvalue weighted by molar-refractivity contribution is -0.275. The van der Waals surface area contributed by atoms with Crippen LogP contribution in [0.1, 0.15) is 11.3 Å². The van der Waals surface area contributed by atoms with Gasteiger partial charge in [-0.25, -0.2) is 4.98 Å². The van der Waals surface area contributed by atoms with E-state index in [0.717, 1.165) is 13.2 Å². The molecule has 1 aromatic rings. The number of carbonyl (C=O) groups is 1. The van der Waals surface area contributed by atoms with Gasteiger partial charge in [0.2, 0.25) is 5.88 Å². The fourth-order valence-electron chi connectivity index (χ4n) is 1.41. The van der Waals surface area contributed by atoms with Gasteiger partial charge in [0, 0.05) is 17.0 Å². The largest absolute Gasteiger partial charge is 0.573 e. The third-order valence-corrected chi connectivity index (χ3v) is 2.79. The fourth-order valence-corrected chi connectivity index (χ4v) is 1.87. The summed E-state index contributed by atoms with van der Waals surface area (Å²) in [7, 11) is 2.40. The zero-order valence-electron chi connectivity index (χ0n) is 10.6. The maximum Gasteiger partial charge on any atom is 0.573 e. The second kappa shape index (κ2) is 6.78. The quantitative estimate of drug-likeness (QED) is 0.598. The normalized spacial score (nSPS) is 11.1. The number of methoxy groups -OCH3 is 2.